The van der Waals surface area contributed by atoms with E-state index in [2.05, 4.69) is 27.7 Å². The van der Waals surface area contributed by atoms with E-state index in [9.17, 15) is 9.90 Å². The third-order valence-corrected chi connectivity index (χ3v) is 4.18. The third-order valence-electron chi connectivity index (χ3n) is 4.18. The minimum Gasteiger partial charge on any atom is -0.491 e. The number of carboxylic acid groups (broad SMARTS) is 1. The Morgan fingerprint density at radius 2 is 2.25 bits per heavy atom. The van der Waals surface area contributed by atoms with E-state index in [1.807, 2.05) is 13.0 Å². The maximum atomic E-state index is 11.4. The molecule has 2 heterocycles. The topological polar surface area (TPSA) is 67.6 Å². The zero-order valence-electron chi connectivity index (χ0n) is 14.2. The average molecular weight is 329 g/mol. The van der Waals surface area contributed by atoms with Crippen LogP contribution in [0.4, 0.5) is 0 Å². The zero-order chi connectivity index (χ0) is 17.1. The first kappa shape index (κ1) is 16.5. The standard InChI is InChI=1S/C18H23N3O3/c1-3-7-21-15(10-13(2)19-21)12-20-8-9-24-17-14(11-20)5-4-6-16(17)18(22)23/h4-6,10H,3,7-9,11-12H2,1-2H3,(H,22,23). The normalized spacial score (nSPS) is 14.8. The molecular formula is C18H23N3O3. The fraction of sp³-hybridized carbons (Fsp3) is 0.444. The van der Waals surface area contributed by atoms with Crippen LogP contribution in [0.15, 0.2) is 24.3 Å². The van der Waals surface area contributed by atoms with E-state index >= 15 is 0 Å². The highest BCUT2D eigenvalue weighted by molar-refractivity contribution is 5.91. The van der Waals surface area contributed by atoms with Crippen LogP contribution in [0.2, 0.25) is 0 Å². The largest absolute Gasteiger partial charge is 0.491 e. The highest BCUT2D eigenvalue weighted by Gasteiger charge is 2.21. The van der Waals surface area contributed by atoms with Crippen LogP contribution in [-0.4, -0.2) is 38.9 Å². The second kappa shape index (κ2) is 7.05. The summed E-state index contributed by atoms with van der Waals surface area (Å²) in [6.07, 6.45) is 1.04. The van der Waals surface area contributed by atoms with Crippen molar-refractivity contribution in [1.29, 1.82) is 0 Å². The molecule has 0 fully saturated rings. The molecule has 1 aliphatic rings. The van der Waals surface area contributed by atoms with Gasteiger partial charge in [0.15, 0.2) is 0 Å². The van der Waals surface area contributed by atoms with Gasteiger partial charge >= 0.3 is 5.97 Å². The fourth-order valence-electron chi connectivity index (χ4n) is 3.14. The molecule has 0 spiro atoms. The maximum absolute atomic E-state index is 11.4. The monoisotopic (exact) mass is 329 g/mol. The van der Waals surface area contributed by atoms with Crippen LogP contribution in [0.1, 0.15) is 40.7 Å². The summed E-state index contributed by atoms with van der Waals surface area (Å²) in [5.41, 5.74) is 3.37. The van der Waals surface area contributed by atoms with Crippen molar-refractivity contribution in [2.75, 3.05) is 13.2 Å². The number of hydrogen-bond donors (Lipinski definition) is 1. The number of nitrogens with zero attached hydrogens (tertiary/aromatic N) is 3. The van der Waals surface area contributed by atoms with E-state index in [-0.39, 0.29) is 5.56 Å². The number of carboxylic acids is 1. The second-order valence-electron chi connectivity index (χ2n) is 6.16. The van der Waals surface area contributed by atoms with Crippen LogP contribution in [0.5, 0.6) is 5.75 Å². The number of aryl methyl sites for hydroxylation is 2. The molecule has 2 aromatic rings. The summed E-state index contributed by atoms with van der Waals surface area (Å²) in [4.78, 5) is 13.6. The first-order valence-electron chi connectivity index (χ1n) is 8.32. The molecule has 0 bridgehead atoms. The van der Waals surface area contributed by atoms with Crippen LogP contribution < -0.4 is 4.74 Å². The van der Waals surface area contributed by atoms with Crippen LogP contribution in [-0.2, 0) is 19.6 Å². The zero-order valence-corrected chi connectivity index (χ0v) is 14.2. The van der Waals surface area contributed by atoms with E-state index in [4.69, 9.17) is 4.74 Å². The van der Waals surface area contributed by atoms with E-state index < -0.39 is 5.97 Å². The average Bonchev–Trinajstić information content (AvgIpc) is 2.76. The Bertz CT molecular complexity index is 739. The maximum Gasteiger partial charge on any atom is 0.339 e. The number of aromatic nitrogens is 2. The van der Waals surface area contributed by atoms with Gasteiger partial charge in [-0.1, -0.05) is 19.1 Å². The molecule has 0 saturated carbocycles. The van der Waals surface area contributed by atoms with Crippen molar-refractivity contribution in [3.63, 3.8) is 0 Å². The Hall–Kier alpha value is -2.34. The number of rotatable bonds is 5. The molecule has 0 saturated heterocycles. The molecule has 128 valence electrons. The van der Waals surface area contributed by atoms with E-state index in [0.717, 1.165) is 37.3 Å². The van der Waals surface area contributed by atoms with Gasteiger partial charge in [0.2, 0.25) is 0 Å². The number of hydrogen-bond acceptors (Lipinski definition) is 4. The van der Waals surface area contributed by atoms with Crippen LogP contribution >= 0.6 is 0 Å². The summed E-state index contributed by atoms with van der Waals surface area (Å²) < 4.78 is 7.81. The molecule has 0 amide bonds. The van der Waals surface area contributed by atoms with Crippen molar-refractivity contribution in [3.8, 4) is 5.75 Å². The van der Waals surface area contributed by atoms with Crippen molar-refractivity contribution in [1.82, 2.24) is 14.7 Å². The van der Waals surface area contributed by atoms with Gasteiger partial charge in [-0.05, 0) is 25.5 Å². The van der Waals surface area contributed by atoms with Gasteiger partial charge in [-0.25, -0.2) is 4.79 Å². The third kappa shape index (κ3) is 3.43. The molecule has 1 N–H and O–H groups in total. The predicted octanol–water partition coefficient (Wildman–Crippen LogP) is 2.69. The predicted molar refractivity (Wildman–Crippen MR) is 90.3 cm³/mol. The summed E-state index contributed by atoms with van der Waals surface area (Å²) >= 11 is 0. The number of para-hydroxylation sites is 1. The molecule has 6 heteroatoms. The lowest BCUT2D eigenvalue weighted by Gasteiger charge is -2.19. The molecule has 24 heavy (non-hydrogen) atoms. The summed E-state index contributed by atoms with van der Waals surface area (Å²) in [7, 11) is 0. The molecule has 0 unspecified atom stereocenters. The summed E-state index contributed by atoms with van der Waals surface area (Å²) in [6, 6.07) is 7.43. The van der Waals surface area contributed by atoms with Gasteiger partial charge in [0.05, 0.1) is 11.4 Å². The number of carbonyl (C=O) groups is 1. The molecule has 0 radical (unpaired) electrons. The number of ether oxygens (including phenoxy) is 1. The molecule has 1 aromatic carbocycles. The van der Waals surface area contributed by atoms with Crippen molar-refractivity contribution in [2.24, 2.45) is 0 Å². The molecule has 0 aliphatic carbocycles. The van der Waals surface area contributed by atoms with Gasteiger partial charge in [0.1, 0.15) is 17.9 Å². The Labute approximate surface area is 141 Å². The van der Waals surface area contributed by atoms with Crippen molar-refractivity contribution in [3.05, 3.63) is 46.8 Å². The number of fused-ring (bicyclic) bond motifs is 1. The van der Waals surface area contributed by atoms with E-state index in [1.54, 1.807) is 12.1 Å². The Balaban J connectivity index is 1.82. The van der Waals surface area contributed by atoms with Crippen LogP contribution in [0, 0.1) is 6.92 Å². The Kier molecular flexibility index (Phi) is 4.85. The van der Waals surface area contributed by atoms with Gasteiger partial charge < -0.3 is 9.84 Å². The fourth-order valence-corrected chi connectivity index (χ4v) is 3.14. The molecule has 1 aromatic heterocycles. The lowest BCUT2D eigenvalue weighted by atomic mass is 10.1. The minimum absolute atomic E-state index is 0.237. The Morgan fingerprint density at radius 1 is 1.42 bits per heavy atom. The van der Waals surface area contributed by atoms with Gasteiger partial charge in [-0.15, -0.1) is 0 Å². The minimum atomic E-state index is -0.947. The van der Waals surface area contributed by atoms with Crippen LogP contribution in [0.25, 0.3) is 0 Å². The summed E-state index contributed by atoms with van der Waals surface area (Å²) in [5.74, 6) is -0.442. The van der Waals surface area contributed by atoms with Crippen molar-refractivity contribution < 1.29 is 14.6 Å². The van der Waals surface area contributed by atoms with Gasteiger partial charge in [0, 0.05) is 31.7 Å². The van der Waals surface area contributed by atoms with Crippen LogP contribution in [0.3, 0.4) is 0 Å². The molecule has 1 aliphatic heterocycles. The van der Waals surface area contributed by atoms with E-state index in [1.165, 1.54) is 5.69 Å². The first-order chi connectivity index (χ1) is 11.6. The molecular weight excluding hydrogens is 306 g/mol. The lowest BCUT2D eigenvalue weighted by molar-refractivity contribution is 0.0692. The molecule has 6 nitrogen and oxygen atoms in total. The highest BCUT2D eigenvalue weighted by Crippen LogP contribution is 2.28. The SMILES string of the molecule is CCCn1nc(C)cc1CN1CCOc2c(cccc2C(=O)O)C1. The van der Waals surface area contributed by atoms with Crippen molar-refractivity contribution in [2.45, 2.75) is 39.9 Å². The number of benzene rings is 1. The lowest BCUT2D eigenvalue weighted by Crippen LogP contribution is -2.26. The second-order valence-corrected chi connectivity index (χ2v) is 6.16. The highest BCUT2D eigenvalue weighted by atomic mass is 16.5. The van der Waals surface area contributed by atoms with Gasteiger partial charge in [-0.3, -0.25) is 9.58 Å². The molecule has 0 atom stereocenters. The Morgan fingerprint density at radius 3 is 3.00 bits per heavy atom. The molecule has 3 rings (SSSR count). The quantitative estimate of drug-likeness (QED) is 0.913. The van der Waals surface area contributed by atoms with Crippen molar-refractivity contribution >= 4 is 5.97 Å². The van der Waals surface area contributed by atoms with Gasteiger partial charge in [0.25, 0.3) is 0 Å². The smallest absolute Gasteiger partial charge is 0.339 e. The first-order valence-corrected chi connectivity index (χ1v) is 8.32. The van der Waals surface area contributed by atoms with E-state index in [0.29, 0.717) is 18.9 Å². The number of aromatic carboxylic acids is 1. The summed E-state index contributed by atoms with van der Waals surface area (Å²) in [5, 5.41) is 13.9. The summed E-state index contributed by atoms with van der Waals surface area (Å²) in [6.45, 7) is 7.75. The van der Waals surface area contributed by atoms with Gasteiger partial charge in [-0.2, -0.15) is 5.10 Å².